The van der Waals surface area contributed by atoms with Gasteiger partial charge in [-0.3, -0.25) is 0 Å². The quantitative estimate of drug-likeness (QED) is 0.907. The van der Waals surface area contributed by atoms with E-state index in [0.717, 1.165) is 18.5 Å². The molecule has 2 rings (SSSR count). The number of methoxy groups -OCH3 is 1. The molecule has 1 aromatic carbocycles. The maximum Gasteiger partial charge on any atom is 0.143 e. The minimum Gasteiger partial charge on any atom is -0.495 e. The van der Waals surface area contributed by atoms with Crippen molar-refractivity contribution in [3.05, 3.63) is 23.8 Å². The fourth-order valence-electron chi connectivity index (χ4n) is 2.62. The molecule has 4 heteroatoms. The van der Waals surface area contributed by atoms with Gasteiger partial charge in [0.2, 0.25) is 0 Å². The molecule has 4 nitrogen and oxygen atoms in total. The molecule has 1 fully saturated rings. The fourth-order valence-corrected chi connectivity index (χ4v) is 2.62. The molecule has 0 radical (unpaired) electrons. The molecule has 0 aliphatic carbocycles. The topological polar surface area (TPSA) is 54.3 Å². The van der Waals surface area contributed by atoms with Gasteiger partial charge in [-0.25, -0.2) is 0 Å². The van der Waals surface area contributed by atoms with E-state index in [2.05, 4.69) is 25.2 Å². The number of hydrogen-bond acceptors (Lipinski definition) is 4. The Labute approximate surface area is 114 Å². The van der Waals surface area contributed by atoms with Crippen LogP contribution in [0.25, 0.3) is 0 Å². The van der Waals surface area contributed by atoms with Crippen LogP contribution in [-0.2, 0) is 4.74 Å². The second-order valence-corrected chi connectivity index (χ2v) is 5.10. The molecule has 1 saturated heterocycles. The van der Waals surface area contributed by atoms with Gasteiger partial charge in [0.05, 0.1) is 36.6 Å². The Balaban J connectivity index is 2.12. The van der Waals surface area contributed by atoms with Crippen LogP contribution in [0.3, 0.4) is 0 Å². The first kappa shape index (κ1) is 13.7. The maximum absolute atomic E-state index is 8.90. The molecule has 0 bridgehead atoms. The Morgan fingerprint density at radius 1 is 1.32 bits per heavy atom. The normalized spacial score (nSPS) is 26.5. The van der Waals surface area contributed by atoms with E-state index in [1.807, 2.05) is 6.07 Å². The van der Waals surface area contributed by atoms with Gasteiger partial charge in [0, 0.05) is 12.1 Å². The summed E-state index contributed by atoms with van der Waals surface area (Å²) >= 11 is 0. The predicted molar refractivity (Wildman–Crippen MR) is 74.4 cm³/mol. The van der Waals surface area contributed by atoms with E-state index in [0.29, 0.717) is 17.4 Å². The van der Waals surface area contributed by atoms with Gasteiger partial charge in [-0.15, -0.1) is 0 Å². The zero-order valence-corrected chi connectivity index (χ0v) is 11.6. The Morgan fingerprint density at radius 3 is 2.58 bits per heavy atom. The summed E-state index contributed by atoms with van der Waals surface area (Å²) in [4.78, 5) is 0. The van der Waals surface area contributed by atoms with E-state index in [1.54, 1.807) is 19.2 Å². The lowest BCUT2D eigenvalue weighted by Gasteiger charge is -2.33. The molecule has 1 aliphatic rings. The third kappa shape index (κ3) is 3.39. The Hall–Kier alpha value is -1.73. The zero-order valence-electron chi connectivity index (χ0n) is 11.6. The van der Waals surface area contributed by atoms with Gasteiger partial charge in [0.15, 0.2) is 0 Å². The molecule has 19 heavy (non-hydrogen) atoms. The summed E-state index contributed by atoms with van der Waals surface area (Å²) in [6.07, 6.45) is 2.50. The molecule has 0 amide bonds. The molecule has 1 aromatic rings. The van der Waals surface area contributed by atoms with E-state index in [4.69, 9.17) is 14.7 Å². The number of nitrogens with zero attached hydrogens (tertiary/aromatic N) is 1. The monoisotopic (exact) mass is 260 g/mol. The lowest BCUT2D eigenvalue weighted by Crippen LogP contribution is -2.36. The van der Waals surface area contributed by atoms with Crippen molar-refractivity contribution < 1.29 is 9.47 Å². The number of anilines is 1. The van der Waals surface area contributed by atoms with Crippen LogP contribution in [-0.4, -0.2) is 25.4 Å². The third-order valence-corrected chi connectivity index (χ3v) is 3.39. The second-order valence-electron chi connectivity index (χ2n) is 5.10. The predicted octanol–water partition coefficient (Wildman–Crippen LogP) is 2.93. The smallest absolute Gasteiger partial charge is 0.143 e. The van der Waals surface area contributed by atoms with E-state index < -0.39 is 0 Å². The van der Waals surface area contributed by atoms with E-state index in [-0.39, 0.29) is 12.2 Å². The summed E-state index contributed by atoms with van der Waals surface area (Å²) in [6.45, 7) is 4.20. The molecule has 1 heterocycles. The van der Waals surface area contributed by atoms with Crippen molar-refractivity contribution in [3.8, 4) is 11.8 Å². The van der Waals surface area contributed by atoms with Crippen molar-refractivity contribution in [2.24, 2.45) is 0 Å². The summed E-state index contributed by atoms with van der Waals surface area (Å²) in [5.41, 5.74) is 1.55. The number of benzene rings is 1. The van der Waals surface area contributed by atoms with Crippen LogP contribution in [0, 0.1) is 11.3 Å². The van der Waals surface area contributed by atoms with Gasteiger partial charge in [-0.2, -0.15) is 5.26 Å². The first-order chi connectivity index (χ1) is 9.12. The van der Waals surface area contributed by atoms with E-state index in [9.17, 15) is 0 Å². The molecule has 0 spiro atoms. The van der Waals surface area contributed by atoms with Crippen LogP contribution < -0.4 is 10.1 Å². The van der Waals surface area contributed by atoms with Crippen LogP contribution in [0.15, 0.2) is 18.2 Å². The molecule has 1 aliphatic heterocycles. The molecular weight excluding hydrogens is 240 g/mol. The minimum absolute atomic E-state index is 0.269. The lowest BCUT2D eigenvalue weighted by molar-refractivity contribution is -0.0338. The minimum atomic E-state index is 0.269. The number of ether oxygens (including phenoxy) is 2. The SMILES string of the molecule is COc1cc(C#N)ccc1NC1CC(C)OC(C)C1. The summed E-state index contributed by atoms with van der Waals surface area (Å²) in [6, 6.07) is 7.96. The van der Waals surface area contributed by atoms with Gasteiger partial charge < -0.3 is 14.8 Å². The number of nitriles is 1. The Kier molecular flexibility index (Phi) is 4.28. The van der Waals surface area contributed by atoms with Crippen molar-refractivity contribution in [1.29, 1.82) is 5.26 Å². The van der Waals surface area contributed by atoms with Crippen molar-refractivity contribution in [2.45, 2.75) is 44.9 Å². The average Bonchev–Trinajstić information content (AvgIpc) is 2.38. The van der Waals surface area contributed by atoms with Gasteiger partial charge in [-0.05, 0) is 38.8 Å². The average molecular weight is 260 g/mol. The highest BCUT2D eigenvalue weighted by Crippen LogP contribution is 2.29. The molecule has 2 atom stereocenters. The summed E-state index contributed by atoms with van der Waals surface area (Å²) in [7, 11) is 1.62. The second kappa shape index (κ2) is 5.94. The third-order valence-electron chi connectivity index (χ3n) is 3.39. The van der Waals surface area contributed by atoms with Gasteiger partial charge >= 0.3 is 0 Å². The highest BCUT2D eigenvalue weighted by molar-refractivity contribution is 5.60. The first-order valence-corrected chi connectivity index (χ1v) is 6.62. The van der Waals surface area contributed by atoms with Crippen LogP contribution in [0.2, 0.25) is 0 Å². The molecular formula is C15H20N2O2. The number of rotatable bonds is 3. The largest absolute Gasteiger partial charge is 0.495 e. The van der Waals surface area contributed by atoms with Crippen LogP contribution in [0.5, 0.6) is 5.75 Å². The standard InChI is InChI=1S/C15H20N2O2/c1-10-6-13(7-11(2)19-10)17-14-5-4-12(9-16)8-15(14)18-3/h4-5,8,10-11,13,17H,6-7H2,1-3H3. The lowest BCUT2D eigenvalue weighted by atomic mass is 9.99. The highest BCUT2D eigenvalue weighted by atomic mass is 16.5. The molecule has 1 N–H and O–H groups in total. The summed E-state index contributed by atoms with van der Waals surface area (Å²) in [5.74, 6) is 0.714. The van der Waals surface area contributed by atoms with Crippen LogP contribution in [0.1, 0.15) is 32.3 Å². The summed E-state index contributed by atoms with van der Waals surface area (Å²) < 4.78 is 11.1. The highest BCUT2D eigenvalue weighted by Gasteiger charge is 2.24. The van der Waals surface area contributed by atoms with E-state index >= 15 is 0 Å². The van der Waals surface area contributed by atoms with Crippen LogP contribution in [0.4, 0.5) is 5.69 Å². The molecule has 102 valence electrons. The van der Waals surface area contributed by atoms with Crippen molar-refractivity contribution in [1.82, 2.24) is 0 Å². The van der Waals surface area contributed by atoms with Gasteiger partial charge in [0.1, 0.15) is 5.75 Å². The zero-order chi connectivity index (χ0) is 13.8. The van der Waals surface area contributed by atoms with Crippen molar-refractivity contribution in [2.75, 3.05) is 12.4 Å². The fraction of sp³-hybridized carbons (Fsp3) is 0.533. The number of hydrogen-bond donors (Lipinski definition) is 1. The molecule has 0 saturated carbocycles. The Bertz CT molecular complexity index is 472. The molecule has 2 unspecified atom stereocenters. The first-order valence-electron chi connectivity index (χ1n) is 6.62. The summed E-state index contributed by atoms with van der Waals surface area (Å²) in [5, 5.41) is 12.4. The van der Waals surface area contributed by atoms with Gasteiger partial charge in [-0.1, -0.05) is 0 Å². The van der Waals surface area contributed by atoms with E-state index in [1.165, 1.54) is 0 Å². The number of nitrogens with one attached hydrogen (secondary N) is 1. The van der Waals surface area contributed by atoms with Gasteiger partial charge in [0.25, 0.3) is 0 Å². The van der Waals surface area contributed by atoms with Crippen molar-refractivity contribution in [3.63, 3.8) is 0 Å². The molecule has 0 aromatic heterocycles. The van der Waals surface area contributed by atoms with Crippen LogP contribution >= 0.6 is 0 Å². The maximum atomic E-state index is 8.90. The van der Waals surface area contributed by atoms with Crippen molar-refractivity contribution >= 4 is 5.69 Å². The Morgan fingerprint density at radius 2 is 2.00 bits per heavy atom.